The molecule has 7 nitrogen and oxygen atoms in total. The molecule has 2 N–H and O–H groups in total. The van der Waals surface area contributed by atoms with E-state index < -0.39 is 0 Å². The van der Waals surface area contributed by atoms with Gasteiger partial charge in [-0.2, -0.15) is 0 Å². The van der Waals surface area contributed by atoms with Gasteiger partial charge < -0.3 is 19.6 Å². The summed E-state index contributed by atoms with van der Waals surface area (Å²) in [5.41, 5.74) is 0. The van der Waals surface area contributed by atoms with Gasteiger partial charge in [-0.05, 0) is 37.7 Å². The van der Waals surface area contributed by atoms with E-state index in [0.717, 1.165) is 68.1 Å². The van der Waals surface area contributed by atoms with Gasteiger partial charge in [-0.25, -0.2) is 0 Å². The summed E-state index contributed by atoms with van der Waals surface area (Å²) in [4.78, 5) is 4.67. The Bertz CT molecular complexity index is 687. The molecule has 2 aromatic heterocycles. The van der Waals surface area contributed by atoms with E-state index in [9.17, 15) is 0 Å². The summed E-state index contributed by atoms with van der Waals surface area (Å²) in [6.45, 7) is 9.84. The van der Waals surface area contributed by atoms with Crippen molar-refractivity contribution in [3.63, 3.8) is 0 Å². The van der Waals surface area contributed by atoms with Gasteiger partial charge in [0.1, 0.15) is 11.6 Å². The molecule has 0 saturated carbocycles. The average Bonchev–Trinajstić information content (AvgIpc) is 3.28. The Kier molecular flexibility index (Phi) is 12.3. The maximum absolute atomic E-state index is 5.36. The lowest BCUT2D eigenvalue weighted by atomic mass is 10.2. The Morgan fingerprint density at radius 1 is 1.29 bits per heavy atom. The van der Waals surface area contributed by atoms with Crippen LogP contribution in [0.1, 0.15) is 38.8 Å². The van der Waals surface area contributed by atoms with Crippen LogP contribution in [0.5, 0.6) is 0 Å². The summed E-state index contributed by atoms with van der Waals surface area (Å²) < 4.78 is 7.60. The first-order valence-electron chi connectivity index (χ1n) is 9.64. The summed E-state index contributed by atoms with van der Waals surface area (Å²) in [5, 5.41) is 16.3. The molecule has 2 aromatic rings. The van der Waals surface area contributed by atoms with Crippen LogP contribution in [0.25, 0.3) is 0 Å². The van der Waals surface area contributed by atoms with Crippen molar-refractivity contribution in [3.05, 3.63) is 30.0 Å². The van der Waals surface area contributed by atoms with Crippen LogP contribution in [-0.2, 0) is 19.4 Å². The van der Waals surface area contributed by atoms with Gasteiger partial charge in [-0.1, -0.05) is 25.6 Å². The highest BCUT2D eigenvalue weighted by atomic mass is 127. The van der Waals surface area contributed by atoms with E-state index in [2.05, 4.69) is 51.2 Å². The Morgan fingerprint density at radius 2 is 2.11 bits per heavy atom. The SMILES string of the molecule is CCNC(=NCCCc1nnc(SC)n1CC(C)C)NCCc1ccco1.I. The van der Waals surface area contributed by atoms with Crippen molar-refractivity contribution in [2.75, 3.05) is 25.9 Å². The molecular formula is C19H33IN6OS. The number of nitrogens with one attached hydrogen (secondary N) is 2. The first-order chi connectivity index (χ1) is 13.1. The Labute approximate surface area is 189 Å². The zero-order valence-electron chi connectivity index (χ0n) is 17.3. The molecule has 0 atom stereocenters. The fourth-order valence-electron chi connectivity index (χ4n) is 2.73. The summed E-state index contributed by atoms with van der Waals surface area (Å²) >= 11 is 1.65. The molecule has 0 unspecified atom stereocenters. The van der Waals surface area contributed by atoms with Crippen molar-refractivity contribution in [2.45, 2.75) is 51.7 Å². The van der Waals surface area contributed by atoms with Crippen molar-refractivity contribution in [1.82, 2.24) is 25.4 Å². The number of halogens is 1. The van der Waals surface area contributed by atoms with Crippen LogP contribution < -0.4 is 10.6 Å². The van der Waals surface area contributed by atoms with Gasteiger partial charge in [-0.3, -0.25) is 4.99 Å². The van der Waals surface area contributed by atoms with Gasteiger partial charge in [0.05, 0.1) is 6.26 Å². The molecule has 0 amide bonds. The lowest BCUT2D eigenvalue weighted by Gasteiger charge is -2.12. The minimum atomic E-state index is 0. The molecule has 158 valence electrons. The summed E-state index contributed by atoms with van der Waals surface area (Å²) in [5.74, 6) is 3.45. The molecule has 0 aromatic carbocycles. The van der Waals surface area contributed by atoms with Crippen molar-refractivity contribution >= 4 is 41.7 Å². The third kappa shape index (κ3) is 8.42. The lowest BCUT2D eigenvalue weighted by Crippen LogP contribution is -2.38. The zero-order chi connectivity index (χ0) is 19.5. The number of thioether (sulfide) groups is 1. The van der Waals surface area contributed by atoms with Crippen molar-refractivity contribution in [1.29, 1.82) is 0 Å². The summed E-state index contributed by atoms with van der Waals surface area (Å²) in [6.07, 6.45) is 6.42. The second kappa shape index (κ2) is 13.9. The molecule has 0 saturated heterocycles. The highest BCUT2D eigenvalue weighted by Crippen LogP contribution is 2.16. The van der Waals surface area contributed by atoms with Gasteiger partial charge in [0.2, 0.25) is 0 Å². The van der Waals surface area contributed by atoms with Crippen molar-refractivity contribution in [3.8, 4) is 0 Å². The molecular weight excluding hydrogens is 487 g/mol. The van der Waals surface area contributed by atoms with Crippen molar-refractivity contribution in [2.24, 2.45) is 10.9 Å². The van der Waals surface area contributed by atoms with Gasteiger partial charge in [0.25, 0.3) is 0 Å². The van der Waals surface area contributed by atoms with E-state index in [0.29, 0.717) is 5.92 Å². The van der Waals surface area contributed by atoms with Crippen LogP contribution in [0.4, 0.5) is 0 Å². The fourth-order valence-corrected chi connectivity index (χ4v) is 3.25. The van der Waals surface area contributed by atoms with E-state index in [1.165, 1.54) is 0 Å². The number of rotatable bonds is 11. The number of nitrogens with zero attached hydrogens (tertiary/aromatic N) is 4. The standard InChI is InChI=1S/C19H32N6OS.HI/c1-5-20-18(22-12-10-16-8-7-13-26-16)21-11-6-9-17-23-24-19(27-4)25(17)14-15(2)3;/h7-8,13,15H,5-6,9-12,14H2,1-4H3,(H2,20,21,22);1H. The maximum atomic E-state index is 5.36. The number of aryl methyl sites for hydroxylation is 1. The second-order valence-corrected chi connectivity index (χ2v) is 7.50. The van der Waals surface area contributed by atoms with Crippen LogP contribution in [0.2, 0.25) is 0 Å². The van der Waals surface area contributed by atoms with E-state index in [4.69, 9.17) is 4.42 Å². The summed E-state index contributed by atoms with van der Waals surface area (Å²) in [7, 11) is 0. The van der Waals surface area contributed by atoms with Crippen molar-refractivity contribution < 1.29 is 4.42 Å². The molecule has 9 heteroatoms. The maximum Gasteiger partial charge on any atom is 0.191 e. The number of hydrogen-bond donors (Lipinski definition) is 2. The van der Waals surface area contributed by atoms with E-state index >= 15 is 0 Å². The third-order valence-electron chi connectivity index (χ3n) is 3.94. The van der Waals surface area contributed by atoms with Gasteiger partial charge in [0.15, 0.2) is 11.1 Å². The second-order valence-electron chi connectivity index (χ2n) is 6.73. The predicted octanol–water partition coefficient (Wildman–Crippen LogP) is 3.60. The van der Waals surface area contributed by atoms with Crippen LogP contribution in [-0.4, -0.2) is 46.6 Å². The highest BCUT2D eigenvalue weighted by molar-refractivity contribution is 14.0. The molecule has 0 aliphatic heterocycles. The van der Waals surface area contributed by atoms with Crippen LogP contribution >= 0.6 is 35.7 Å². The van der Waals surface area contributed by atoms with Crippen LogP contribution in [0, 0.1) is 5.92 Å². The molecule has 0 radical (unpaired) electrons. The van der Waals surface area contributed by atoms with E-state index in [1.54, 1.807) is 18.0 Å². The molecule has 0 spiro atoms. The number of aromatic nitrogens is 3. The first kappa shape index (κ1) is 24.8. The number of furan rings is 1. The molecule has 0 aliphatic rings. The normalized spacial score (nSPS) is 11.5. The molecule has 28 heavy (non-hydrogen) atoms. The molecule has 0 bridgehead atoms. The smallest absolute Gasteiger partial charge is 0.191 e. The molecule has 2 rings (SSSR count). The van der Waals surface area contributed by atoms with Gasteiger partial charge >= 0.3 is 0 Å². The Morgan fingerprint density at radius 3 is 2.75 bits per heavy atom. The third-order valence-corrected chi connectivity index (χ3v) is 4.61. The predicted molar refractivity (Wildman–Crippen MR) is 127 cm³/mol. The minimum Gasteiger partial charge on any atom is -0.469 e. The fraction of sp³-hybridized carbons (Fsp3) is 0.632. The van der Waals surface area contributed by atoms with Crippen LogP contribution in [0.15, 0.2) is 33.0 Å². The quantitative estimate of drug-likeness (QED) is 0.155. The van der Waals surface area contributed by atoms with Crippen LogP contribution in [0.3, 0.4) is 0 Å². The minimum absolute atomic E-state index is 0. The Balaban J connectivity index is 0.00000392. The zero-order valence-corrected chi connectivity index (χ0v) is 20.4. The monoisotopic (exact) mass is 520 g/mol. The highest BCUT2D eigenvalue weighted by Gasteiger charge is 2.12. The van der Waals surface area contributed by atoms with Gasteiger partial charge in [-0.15, -0.1) is 34.2 Å². The number of aliphatic imine (C=N–C) groups is 1. The Hall–Kier alpha value is -1.23. The molecule has 2 heterocycles. The van der Waals surface area contributed by atoms with E-state index in [1.807, 2.05) is 18.4 Å². The van der Waals surface area contributed by atoms with E-state index in [-0.39, 0.29) is 24.0 Å². The molecule has 0 fully saturated rings. The number of hydrogen-bond acceptors (Lipinski definition) is 5. The summed E-state index contributed by atoms with van der Waals surface area (Å²) in [6, 6.07) is 3.90. The topological polar surface area (TPSA) is 80.3 Å². The first-order valence-corrected chi connectivity index (χ1v) is 10.9. The number of guanidine groups is 1. The van der Waals surface area contributed by atoms with Gasteiger partial charge in [0, 0.05) is 39.0 Å². The average molecular weight is 520 g/mol. The largest absolute Gasteiger partial charge is 0.469 e. The molecule has 0 aliphatic carbocycles. The lowest BCUT2D eigenvalue weighted by molar-refractivity contribution is 0.477.